The quantitative estimate of drug-likeness (QED) is 0.289. The lowest BCUT2D eigenvalue weighted by atomic mass is 9.99. The first-order valence-electron chi connectivity index (χ1n) is 13.4. The number of carbonyl (C=O) groups is 2. The van der Waals surface area contributed by atoms with Crippen molar-refractivity contribution in [2.45, 2.75) is 32.9 Å². The second kappa shape index (κ2) is 11.9. The Morgan fingerprint density at radius 2 is 1.69 bits per heavy atom. The average molecular weight is 523 g/mol. The van der Waals surface area contributed by atoms with Crippen molar-refractivity contribution in [3.8, 4) is 11.5 Å². The average Bonchev–Trinajstić information content (AvgIpc) is 3.43. The molecule has 39 heavy (non-hydrogen) atoms. The van der Waals surface area contributed by atoms with E-state index in [9.17, 15) is 9.59 Å². The molecule has 3 amide bonds. The fourth-order valence-electron chi connectivity index (χ4n) is 5.06. The van der Waals surface area contributed by atoms with Crippen molar-refractivity contribution < 1.29 is 14.3 Å². The van der Waals surface area contributed by atoms with E-state index in [-0.39, 0.29) is 24.5 Å². The molecule has 1 atom stereocenters. The number of amides is 3. The first-order valence-corrected chi connectivity index (χ1v) is 13.4. The van der Waals surface area contributed by atoms with E-state index in [1.54, 1.807) is 4.90 Å². The highest BCUT2D eigenvalue weighted by atomic mass is 16.5. The first kappa shape index (κ1) is 26.1. The third-order valence-corrected chi connectivity index (χ3v) is 7.00. The van der Waals surface area contributed by atoms with E-state index in [0.29, 0.717) is 25.4 Å². The molecule has 7 nitrogen and oxygen atoms in total. The van der Waals surface area contributed by atoms with Crippen molar-refractivity contribution in [2.75, 3.05) is 25.0 Å². The van der Waals surface area contributed by atoms with E-state index in [1.807, 2.05) is 110 Å². The topological polar surface area (TPSA) is 66.8 Å². The lowest BCUT2D eigenvalue weighted by molar-refractivity contribution is -0.134. The lowest BCUT2D eigenvalue weighted by Gasteiger charge is -2.38. The third kappa shape index (κ3) is 5.98. The number of hydrogen-bond donors (Lipinski definition) is 1. The minimum Gasteiger partial charge on any atom is -0.457 e. The van der Waals surface area contributed by atoms with Crippen molar-refractivity contribution in [1.29, 1.82) is 0 Å². The van der Waals surface area contributed by atoms with E-state index in [1.165, 1.54) is 0 Å². The van der Waals surface area contributed by atoms with Gasteiger partial charge in [0.05, 0.1) is 6.04 Å². The summed E-state index contributed by atoms with van der Waals surface area (Å²) in [6, 6.07) is 28.7. The number of nitrogens with zero attached hydrogens (tertiary/aromatic N) is 3. The molecule has 0 spiro atoms. The van der Waals surface area contributed by atoms with Crippen molar-refractivity contribution in [1.82, 2.24) is 14.4 Å². The number of ether oxygens (including phenoxy) is 1. The molecular formula is C32H34N4O3. The highest BCUT2D eigenvalue weighted by molar-refractivity contribution is 5.93. The van der Waals surface area contributed by atoms with Gasteiger partial charge >= 0.3 is 6.03 Å². The molecule has 0 aliphatic carbocycles. The van der Waals surface area contributed by atoms with Gasteiger partial charge in [-0.25, -0.2) is 4.79 Å². The number of benzene rings is 3. The van der Waals surface area contributed by atoms with Gasteiger partial charge in [0, 0.05) is 37.2 Å². The maximum Gasteiger partial charge on any atom is 0.322 e. The predicted octanol–water partition coefficient (Wildman–Crippen LogP) is 6.46. The van der Waals surface area contributed by atoms with Crippen LogP contribution in [0.4, 0.5) is 10.5 Å². The Bertz CT molecular complexity index is 1430. The van der Waals surface area contributed by atoms with E-state index >= 15 is 0 Å². The van der Waals surface area contributed by atoms with E-state index in [2.05, 4.69) is 16.0 Å². The van der Waals surface area contributed by atoms with Crippen molar-refractivity contribution in [2.24, 2.45) is 0 Å². The lowest BCUT2D eigenvalue weighted by Crippen LogP contribution is -2.48. The number of carbonyl (C=O) groups excluding carboxylic acids is 2. The molecule has 0 saturated carbocycles. The van der Waals surface area contributed by atoms with Gasteiger partial charge in [0.2, 0.25) is 5.91 Å². The smallest absolute Gasteiger partial charge is 0.322 e. The van der Waals surface area contributed by atoms with Crippen LogP contribution in [0.1, 0.15) is 36.2 Å². The molecule has 1 aromatic heterocycles. The zero-order valence-electron chi connectivity index (χ0n) is 22.4. The highest BCUT2D eigenvalue weighted by Gasteiger charge is 2.33. The maximum atomic E-state index is 13.9. The summed E-state index contributed by atoms with van der Waals surface area (Å²) in [7, 11) is 0. The maximum absolute atomic E-state index is 13.9. The van der Waals surface area contributed by atoms with Crippen LogP contribution >= 0.6 is 0 Å². The molecule has 0 radical (unpaired) electrons. The number of aromatic nitrogens is 1. The van der Waals surface area contributed by atoms with Crippen LogP contribution in [0, 0.1) is 6.92 Å². The van der Waals surface area contributed by atoms with Crippen molar-refractivity contribution in [3.05, 3.63) is 114 Å². The molecule has 1 unspecified atom stereocenters. The van der Waals surface area contributed by atoms with E-state index < -0.39 is 0 Å². The summed E-state index contributed by atoms with van der Waals surface area (Å²) in [5, 5.41) is 2.98. The number of rotatable bonds is 8. The molecule has 0 fully saturated rings. The van der Waals surface area contributed by atoms with E-state index in [0.717, 1.165) is 34.7 Å². The van der Waals surface area contributed by atoms with Gasteiger partial charge in [0.25, 0.3) is 0 Å². The molecule has 0 bridgehead atoms. The number of urea groups is 1. The molecule has 4 aromatic rings. The number of nitrogens with one attached hydrogen (secondary N) is 1. The third-order valence-electron chi connectivity index (χ3n) is 7.00. The SMILES string of the molecule is CCCN(CC(=O)N1CCn2cccc2C1c1cccc(Oc2ccccc2)c1)C(=O)Nc1ccccc1C. The first-order chi connectivity index (χ1) is 19.0. The zero-order chi connectivity index (χ0) is 27.2. The van der Waals surface area contributed by atoms with Gasteiger partial charge in [-0.2, -0.15) is 0 Å². The second-order valence-corrected chi connectivity index (χ2v) is 9.77. The normalized spacial score (nSPS) is 14.4. The van der Waals surface area contributed by atoms with Crippen LogP contribution in [0.3, 0.4) is 0 Å². The summed E-state index contributed by atoms with van der Waals surface area (Å²) in [6.07, 6.45) is 2.80. The molecule has 7 heteroatoms. The van der Waals surface area contributed by atoms with Gasteiger partial charge in [-0.1, -0.05) is 55.5 Å². The summed E-state index contributed by atoms with van der Waals surface area (Å²) in [6.45, 7) is 5.70. The Labute approximate surface area is 229 Å². The van der Waals surface area contributed by atoms with Gasteiger partial charge in [-0.05, 0) is 66.9 Å². The largest absolute Gasteiger partial charge is 0.457 e. The molecule has 200 valence electrons. The van der Waals surface area contributed by atoms with Crippen LogP contribution in [0.15, 0.2) is 97.2 Å². The van der Waals surface area contributed by atoms with E-state index in [4.69, 9.17) is 4.74 Å². The monoisotopic (exact) mass is 522 g/mol. The van der Waals surface area contributed by atoms with Crippen molar-refractivity contribution >= 4 is 17.6 Å². The van der Waals surface area contributed by atoms with Crippen LogP contribution in [0.2, 0.25) is 0 Å². The minimum absolute atomic E-state index is 0.00295. The Morgan fingerprint density at radius 3 is 2.49 bits per heavy atom. The summed E-state index contributed by atoms with van der Waals surface area (Å²) in [5.74, 6) is 1.37. The Morgan fingerprint density at radius 1 is 0.923 bits per heavy atom. The van der Waals surface area contributed by atoms with Crippen LogP contribution in [0.25, 0.3) is 0 Å². The van der Waals surface area contributed by atoms with Crippen LogP contribution < -0.4 is 10.1 Å². The number of fused-ring (bicyclic) bond motifs is 1. The van der Waals surface area contributed by atoms with Gasteiger partial charge in [-0.3, -0.25) is 4.79 Å². The van der Waals surface area contributed by atoms with Crippen LogP contribution in [0.5, 0.6) is 11.5 Å². The summed E-state index contributed by atoms with van der Waals surface area (Å²) < 4.78 is 8.29. The molecular weight excluding hydrogens is 488 g/mol. The highest BCUT2D eigenvalue weighted by Crippen LogP contribution is 2.35. The molecule has 3 aromatic carbocycles. The number of anilines is 1. The molecule has 2 heterocycles. The molecule has 1 aliphatic rings. The van der Waals surface area contributed by atoms with Crippen LogP contribution in [-0.2, 0) is 11.3 Å². The number of para-hydroxylation sites is 2. The fraction of sp³-hybridized carbons (Fsp3) is 0.250. The molecule has 1 N–H and O–H groups in total. The van der Waals surface area contributed by atoms with Crippen molar-refractivity contribution in [3.63, 3.8) is 0 Å². The van der Waals surface area contributed by atoms with Gasteiger partial charge in [0.15, 0.2) is 0 Å². The second-order valence-electron chi connectivity index (χ2n) is 9.77. The summed E-state index contributed by atoms with van der Waals surface area (Å²) >= 11 is 0. The number of aryl methyl sites for hydroxylation is 1. The summed E-state index contributed by atoms with van der Waals surface area (Å²) in [4.78, 5) is 30.6. The predicted molar refractivity (Wildman–Crippen MR) is 153 cm³/mol. The van der Waals surface area contributed by atoms with Crippen LogP contribution in [-0.4, -0.2) is 45.9 Å². The number of hydrogen-bond acceptors (Lipinski definition) is 3. The Hall–Kier alpha value is -4.52. The zero-order valence-corrected chi connectivity index (χ0v) is 22.4. The molecule has 0 saturated heterocycles. The standard InChI is InChI=1S/C32H34N4O3/c1-3-18-35(32(38)33-28-16-8-7-11-24(28)2)23-30(37)36-21-20-34-19-10-17-29(34)31(36)25-12-9-15-27(22-25)39-26-13-5-4-6-14-26/h4-17,19,22,31H,3,18,20-21,23H2,1-2H3,(H,33,38). The minimum atomic E-state index is -0.288. The Balaban J connectivity index is 1.39. The fourth-order valence-corrected chi connectivity index (χ4v) is 5.06. The molecule has 5 rings (SSSR count). The summed E-state index contributed by atoms with van der Waals surface area (Å²) in [5.41, 5.74) is 3.73. The van der Waals surface area contributed by atoms with Gasteiger partial charge in [-0.15, -0.1) is 0 Å². The van der Waals surface area contributed by atoms with Gasteiger partial charge in [0.1, 0.15) is 18.0 Å². The Kier molecular flexibility index (Phi) is 7.96. The molecule has 1 aliphatic heterocycles. The van der Waals surface area contributed by atoms with Gasteiger partial charge < -0.3 is 24.4 Å².